The number of amides is 1. The highest BCUT2D eigenvalue weighted by molar-refractivity contribution is 6.35. The van der Waals surface area contributed by atoms with E-state index in [1.54, 1.807) is 13.0 Å². The third kappa shape index (κ3) is 3.74. The van der Waals surface area contributed by atoms with Gasteiger partial charge in [0, 0.05) is 21.3 Å². The lowest BCUT2D eigenvalue weighted by Crippen LogP contribution is -2.13. The Bertz CT molecular complexity index is 709. The van der Waals surface area contributed by atoms with Gasteiger partial charge in [-0.15, -0.1) is 0 Å². The van der Waals surface area contributed by atoms with E-state index < -0.39 is 5.97 Å². The average Bonchev–Trinajstić information content (AvgIpc) is 2.39. The normalized spacial score (nSPS) is 10.2. The number of benzene rings is 2. The lowest BCUT2D eigenvalue weighted by Gasteiger charge is -2.09. The van der Waals surface area contributed by atoms with E-state index in [-0.39, 0.29) is 11.5 Å². The number of carbonyl (C=O) groups excluding carboxylic acids is 1. The van der Waals surface area contributed by atoms with Crippen LogP contribution in [0.15, 0.2) is 36.4 Å². The molecule has 108 valence electrons. The van der Waals surface area contributed by atoms with Crippen molar-refractivity contribution in [2.45, 2.75) is 6.92 Å². The van der Waals surface area contributed by atoms with Crippen molar-refractivity contribution in [2.24, 2.45) is 0 Å². The molecular formula is C15H11Cl2NO3. The van der Waals surface area contributed by atoms with Gasteiger partial charge < -0.3 is 10.4 Å². The molecule has 2 rings (SSSR count). The highest BCUT2D eigenvalue weighted by Gasteiger charge is 2.11. The van der Waals surface area contributed by atoms with Gasteiger partial charge in [0.05, 0.1) is 5.56 Å². The number of nitrogens with one attached hydrogen (secondary N) is 1. The van der Waals surface area contributed by atoms with E-state index in [1.165, 1.54) is 30.3 Å². The molecule has 0 radical (unpaired) electrons. The molecule has 21 heavy (non-hydrogen) atoms. The van der Waals surface area contributed by atoms with E-state index in [0.717, 1.165) is 0 Å². The average molecular weight is 324 g/mol. The van der Waals surface area contributed by atoms with Gasteiger partial charge in [0.25, 0.3) is 5.91 Å². The summed E-state index contributed by atoms with van der Waals surface area (Å²) in [7, 11) is 0. The van der Waals surface area contributed by atoms with Gasteiger partial charge in [-0.3, -0.25) is 4.79 Å². The zero-order chi connectivity index (χ0) is 15.6. The van der Waals surface area contributed by atoms with Crippen molar-refractivity contribution in [1.82, 2.24) is 0 Å². The van der Waals surface area contributed by atoms with Gasteiger partial charge >= 0.3 is 5.97 Å². The second-order valence-corrected chi connectivity index (χ2v) is 5.32. The number of halogens is 2. The van der Waals surface area contributed by atoms with Crippen molar-refractivity contribution in [3.05, 3.63) is 63.1 Å². The second kappa shape index (κ2) is 6.16. The Hall–Kier alpha value is -2.04. The van der Waals surface area contributed by atoms with E-state index in [4.69, 9.17) is 28.3 Å². The molecule has 2 N–H and O–H groups in total. The molecule has 0 fully saturated rings. The fourth-order valence-corrected chi connectivity index (χ4v) is 2.34. The topological polar surface area (TPSA) is 66.4 Å². The molecule has 6 heteroatoms. The van der Waals surface area contributed by atoms with E-state index in [9.17, 15) is 9.59 Å². The van der Waals surface area contributed by atoms with Crippen LogP contribution in [0.4, 0.5) is 5.69 Å². The monoisotopic (exact) mass is 323 g/mol. The number of carboxylic acids is 1. The van der Waals surface area contributed by atoms with Gasteiger partial charge in [-0.1, -0.05) is 23.2 Å². The van der Waals surface area contributed by atoms with E-state index in [0.29, 0.717) is 26.9 Å². The summed E-state index contributed by atoms with van der Waals surface area (Å²) in [4.78, 5) is 23.0. The minimum Gasteiger partial charge on any atom is -0.478 e. The van der Waals surface area contributed by atoms with Gasteiger partial charge in [0.1, 0.15) is 0 Å². The summed E-state index contributed by atoms with van der Waals surface area (Å²) in [6, 6.07) is 9.00. The van der Waals surface area contributed by atoms with Crippen molar-refractivity contribution < 1.29 is 14.7 Å². The summed E-state index contributed by atoms with van der Waals surface area (Å²) in [6.45, 7) is 1.72. The van der Waals surface area contributed by atoms with Crippen LogP contribution in [0, 0.1) is 6.92 Å². The van der Waals surface area contributed by atoms with Crippen LogP contribution in [0.5, 0.6) is 0 Å². The van der Waals surface area contributed by atoms with Crippen molar-refractivity contribution in [3.63, 3.8) is 0 Å². The smallest absolute Gasteiger partial charge is 0.335 e. The quantitative estimate of drug-likeness (QED) is 0.887. The molecule has 0 aliphatic carbocycles. The third-order valence-electron chi connectivity index (χ3n) is 2.85. The highest BCUT2D eigenvalue weighted by Crippen LogP contribution is 2.21. The summed E-state index contributed by atoms with van der Waals surface area (Å²) in [5, 5.41) is 12.3. The van der Waals surface area contributed by atoms with Crippen molar-refractivity contribution in [1.29, 1.82) is 0 Å². The number of anilines is 1. The van der Waals surface area contributed by atoms with Gasteiger partial charge in [-0.25, -0.2) is 4.79 Å². The standard InChI is InChI=1S/C15H11Cl2NO3/c1-8-4-9(15(20)21)2-3-13(8)18-14(19)10-5-11(16)7-12(17)6-10/h2-7H,1H3,(H,18,19)(H,20,21). The fourth-order valence-electron chi connectivity index (χ4n) is 1.82. The Labute approximate surface area is 131 Å². The van der Waals surface area contributed by atoms with Gasteiger partial charge in [0.2, 0.25) is 0 Å². The molecule has 0 spiro atoms. The van der Waals surface area contributed by atoms with Crippen LogP contribution in [0.2, 0.25) is 10.0 Å². The fraction of sp³-hybridized carbons (Fsp3) is 0.0667. The van der Waals surface area contributed by atoms with Crippen molar-refractivity contribution in [2.75, 3.05) is 5.32 Å². The van der Waals surface area contributed by atoms with Crippen LogP contribution >= 0.6 is 23.2 Å². The molecule has 0 saturated heterocycles. The SMILES string of the molecule is Cc1cc(C(=O)O)ccc1NC(=O)c1cc(Cl)cc(Cl)c1. The maximum Gasteiger partial charge on any atom is 0.335 e. The third-order valence-corrected chi connectivity index (χ3v) is 3.28. The first kappa shape index (κ1) is 15.4. The van der Waals surface area contributed by atoms with E-state index in [2.05, 4.69) is 5.32 Å². The first-order valence-corrected chi connectivity index (χ1v) is 6.74. The van der Waals surface area contributed by atoms with Crippen molar-refractivity contribution in [3.8, 4) is 0 Å². The minimum atomic E-state index is -1.02. The van der Waals surface area contributed by atoms with Gasteiger partial charge in [-0.2, -0.15) is 0 Å². The Kier molecular flexibility index (Phi) is 4.50. The van der Waals surface area contributed by atoms with Crippen LogP contribution in [-0.4, -0.2) is 17.0 Å². The first-order chi connectivity index (χ1) is 9.86. The molecule has 2 aromatic rings. The molecule has 0 aliphatic heterocycles. The Morgan fingerprint density at radius 1 is 1.00 bits per heavy atom. The van der Waals surface area contributed by atoms with Crippen molar-refractivity contribution >= 4 is 40.8 Å². The highest BCUT2D eigenvalue weighted by atomic mass is 35.5. The maximum atomic E-state index is 12.1. The molecule has 4 nitrogen and oxygen atoms in total. The summed E-state index contributed by atoms with van der Waals surface area (Å²) in [6.07, 6.45) is 0. The number of hydrogen-bond donors (Lipinski definition) is 2. The van der Waals surface area contributed by atoms with Crippen LogP contribution in [0.1, 0.15) is 26.3 Å². The molecule has 0 saturated carbocycles. The zero-order valence-corrected chi connectivity index (χ0v) is 12.5. The number of rotatable bonds is 3. The number of hydrogen-bond acceptors (Lipinski definition) is 2. The van der Waals surface area contributed by atoms with Gasteiger partial charge in [-0.05, 0) is 48.9 Å². The molecule has 0 bridgehead atoms. The molecule has 0 unspecified atom stereocenters. The maximum absolute atomic E-state index is 12.1. The molecule has 1 amide bonds. The molecule has 0 aliphatic rings. The zero-order valence-electron chi connectivity index (χ0n) is 11.0. The van der Waals surface area contributed by atoms with E-state index in [1.807, 2.05) is 0 Å². The lowest BCUT2D eigenvalue weighted by molar-refractivity contribution is 0.0696. The Morgan fingerprint density at radius 2 is 1.62 bits per heavy atom. The molecule has 0 aromatic heterocycles. The number of carboxylic acid groups (broad SMARTS) is 1. The predicted octanol–water partition coefficient (Wildman–Crippen LogP) is 4.25. The lowest BCUT2D eigenvalue weighted by atomic mass is 10.1. The van der Waals surface area contributed by atoms with Crippen LogP contribution in [0.25, 0.3) is 0 Å². The second-order valence-electron chi connectivity index (χ2n) is 4.45. The molecule has 0 heterocycles. The predicted molar refractivity (Wildman–Crippen MR) is 82.6 cm³/mol. The molecule has 0 atom stereocenters. The van der Waals surface area contributed by atoms with Gasteiger partial charge in [0.15, 0.2) is 0 Å². The summed E-state index contributed by atoms with van der Waals surface area (Å²) >= 11 is 11.7. The van der Waals surface area contributed by atoms with Crippen LogP contribution < -0.4 is 5.32 Å². The van der Waals surface area contributed by atoms with E-state index >= 15 is 0 Å². The number of aromatic carboxylic acids is 1. The summed E-state index contributed by atoms with van der Waals surface area (Å²) in [5.74, 6) is -1.39. The summed E-state index contributed by atoms with van der Waals surface area (Å²) in [5.41, 5.74) is 1.67. The summed E-state index contributed by atoms with van der Waals surface area (Å²) < 4.78 is 0. The Balaban J connectivity index is 2.25. The first-order valence-electron chi connectivity index (χ1n) is 5.98. The van der Waals surface area contributed by atoms with Crippen LogP contribution in [0.3, 0.4) is 0 Å². The van der Waals surface area contributed by atoms with Crippen LogP contribution in [-0.2, 0) is 0 Å². The minimum absolute atomic E-state index is 0.163. The number of carbonyl (C=O) groups is 2. The largest absolute Gasteiger partial charge is 0.478 e. The molecule has 2 aromatic carbocycles. The molecular weight excluding hydrogens is 313 g/mol. The number of aryl methyl sites for hydroxylation is 1. The Morgan fingerprint density at radius 3 is 2.14 bits per heavy atom.